The fourth-order valence-electron chi connectivity index (χ4n) is 3.30. The average Bonchev–Trinajstić information content (AvgIpc) is 2.71. The van der Waals surface area contributed by atoms with Gasteiger partial charge in [0.1, 0.15) is 5.75 Å². The van der Waals surface area contributed by atoms with Crippen LogP contribution in [0.25, 0.3) is 0 Å². The van der Waals surface area contributed by atoms with Crippen molar-refractivity contribution in [1.29, 1.82) is 0 Å². The van der Waals surface area contributed by atoms with Gasteiger partial charge in [-0.1, -0.05) is 74.5 Å². The van der Waals surface area contributed by atoms with Gasteiger partial charge < -0.3 is 9.84 Å². The van der Waals surface area contributed by atoms with Crippen LogP contribution in [0.15, 0.2) is 72.8 Å². The highest BCUT2D eigenvalue weighted by molar-refractivity contribution is 5.85. The quantitative estimate of drug-likeness (QED) is 0.620. The van der Waals surface area contributed by atoms with Gasteiger partial charge in [0.15, 0.2) is 0 Å². The minimum Gasteiger partial charge on any atom is -0.508 e. The molecular formula is C24H25NO3. The number of phenolic OH excluding ortho intramolecular Hbond substituents is 1. The van der Waals surface area contributed by atoms with Crippen LogP contribution in [0.3, 0.4) is 0 Å². The van der Waals surface area contributed by atoms with Crippen LogP contribution in [-0.2, 0) is 16.6 Å². The van der Waals surface area contributed by atoms with Gasteiger partial charge in [-0.15, -0.1) is 0 Å². The molecule has 3 rings (SSSR count). The Morgan fingerprint density at radius 1 is 0.929 bits per heavy atom. The minimum absolute atomic E-state index is 0.201. The Balaban J connectivity index is 1.95. The van der Waals surface area contributed by atoms with Crippen molar-refractivity contribution >= 4 is 11.8 Å². The first kappa shape index (κ1) is 19.5. The second kappa shape index (κ2) is 8.17. The smallest absolute Gasteiger partial charge is 0.411 e. The zero-order valence-corrected chi connectivity index (χ0v) is 16.4. The molecule has 0 radical (unpaired) electrons. The van der Waals surface area contributed by atoms with E-state index in [-0.39, 0.29) is 11.2 Å². The average molecular weight is 375 g/mol. The van der Waals surface area contributed by atoms with Crippen molar-refractivity contribution in [3.8, 4) is 5.75 Å². The molecule has 0 aliphatic rings. The number of carbonyl (C=O) groups excluding carboxylic acids is 1. The summed E-state index contributed by atoms with van der Waals surface area (Å²) < 4.78 is 4.70. The van der Waals surface area contributed by atoms with E-state index in [2.05, 4.69) is 31.3 Å². The number of para-hydroxylation sites is 1. The molecule has 0 unspecified atom stereocenters. The second-order valence-corrected chi connectivity index (χ2v) is 7.29. The van der Waals surface area contributed by atoms with E-state index in [9.17, 15) is 9.90 Å². The molecular weight excluding hydrogens is 350 g/mol. The van der Waals surface area contributed by atoms with Gasteiger partial charge in [0.25, 0.3) is 0 Å². The summed E-state index contributed by atoms with van der Waals surface area (Å²) in [6.07, 6.45) is -0.0271. The summed E-state index contributed by atoms with van der Waals surface area (Å²) in [5, 5.41) is 13.2. The molecule has 0 fully saturated rings. The topological polar surface area (TPSA) is 58.6 Å². The zero-order chi connectivity index (χ0) is 20.1. The fraction of sp³-hybridized carbons (Fsp3) is 0.208. The summed E-state index contributed by atoms with van der Waals surface area (Å²) in [5.74, 6) is 0.237. The maximum absolute atomic E-state index is 11.6. The van der Waals surface area contributed by atoms with E-state index >= 15 is 0 Å². The summed E-state index contributed by atoms with van der Waals surface area (Å²) in [4.78, 5) is 11.6. The zero-order valence-electron chi connectivity index (χ0n) is 16.4. The fourth-order valence-corrected chi connectivity index (χ4v) is 3.30. The Labute approximate surface area is 165 Å². The molecule has 1 amide bonds. The molecule has 28 heavy (non-hydrogen) atoms. The molecule has 0 heterocycles. The van der Waals surface area contributed by atoms with Crippen LogP contribution in [0, 0.1) is 0 Å². The van der Waals surface area contributed by atoms with E-state index in [1.807, 2.05) is 54.6 Å². The molecule has 0 aliphatic carbocycles. The molecule has 144 valence electrons. The Kier molecular flexibility index (Phi) is 5.69. The summed E-state index contributed by atoms with van der Waals surface area (Å²) in [7, 11) is 1.33. The third-order valence-corrected chi connectivity index (χ3v) is 5.12. The van der Waals surface area contributed by atoms with E-state index in [1.54, 1.807) is 6.07 Å². The van der Waals surface area contributed by atoms with Crippen LogP contribution < -0.4 is 5.32 Å². The van der Waals surface area contributed by atoms with Crippen LogP contribution in [0.1, 0.15) is 36.1 Å². The van der Waals surface area contributed by atoms with Gasteiger partial charge in [0, 0.05) is 17.5 Å². The first-order valence-corrected chi connectivity index (χ1v) is 9.22. The highest BCUT2D eigenvalue weighted by atomic mass is 16.5. The molecule has 0 atom stereocenters. The van der Waals surface area contributed by atoms with Crippen molar-refractivity contribution in [3.05, 3.63) is 95.1 Å². The summed E-state index contributed by atoms with van der Waals surface area (Å²) >= 11 is 0. The number of benzene rings is 3. The molecule has 0 aliphatic heterocycles. The minimum atomic E-state index is -0.518. The van der Waals surface area contributed by atoms with Gasteiger partial charge in [-0.2, -0.15) is 0 Å². The number of carbonyl (C=O) groups is 1. The Morgan fingerprint density at radius 2 is 1.61 bits per heavy atom. The molecule has 0 spiro atoms. The van der Waals surface area contributed by atoms with Crippen molar-refractivity contribution in [2.75, 3.05) is 12.4 Å². The normalized spacial score (nSPS) is 11.1. The van der Waals surface area contributed by atoms with E-state index in [0.29, 0.717) is 12.1 Å². The number of nitrogens with one attached hydrogen (secondary N) is 1. The SMILES string of the molecule is COC(=O)Nc1ccccc1Cc1cc(C(C)(C)c2ccccc2)ccc1O. The van der Waals surface area contributed by atoms with Gasteiger partial charge in [0.05, 0.1) is 7.11 Å². The number of ether oxygens (including phenoxy) is 1. The van der Waals surface area contributed by atoms with E-state index < -0.39 is 6.09 Å². The Morgan fingerprint density at radius 3 is 2.32 bits per heavy atom. The first-order chi connectivity index (χ1) is 13.4. The number of phenols is 1. The molecule has 2 N–H and O–H groups in total. The maximum atomic E-state index is 11.6. The highest BCUT2D eigenvalue weighted by Gasteiger charge is 2.24. The van der Waals surface area contributed by atoms with Crippen molar-refractivity contribution in [1.82, 2.24) is 0 Å². The Bertz CT molecular complexity index is 965. The monoisotopic (exact) mass is 375 g/mol. The summed E-state index contributed by atoms with van der Waals surface area (Å²) in [6.45, 7) is 4.34. The lowest BCUT2D eigenvalue weighted by Crippen LogP contribution is -2.19. The summed E-state index contributed by atoms with van der Waals surface area (Å²) in [6, 6.07) is 23.6. The third-order valence-electron chi connectivity index (χ3n) is 5.12. The number of hydrogen-bond acceptors (Lipinski definition) is 3. The number of aromatic hydroxyl groups is 1. The maximum Gasteiger partial charge on any atom is 0.411 e. The number of methoxy groups -OCH3 is 1. The molecule has 3 aromatic rings. The lowest BCUT2D eigenvalue weighted by Gasteiger charge is -2.27. The first-order valence-electron chi connectivity index (χ1n) is 9.22. The predicted octanol–water partition coefficient (Wildman–Crippen LogP) is 5.49. The molecule has 4 heteroatoms. The largest absolute Gasteiger partial charge is 0.508 e. The van der Waals surface area contributed by atoms with Crippen LogP contribution in [0.5, 0.6) is 5.75 Å². The third kappa shape index (κ3) is 4.17. The number of anilines is 1. The highest BCUT2D eigenvalue weighted by Crippen LogP contribution is 2.35. The Hall–Kier alpha value is -3.27. The predicted molar refractivity (Wildman–Crippen MR) is 112 cm³/mol. The molecule has 0 saturated carbocycles. The molecule has 4 nitrogen and oxygen atoms in total. The van der Waals surface area contributed by atoms with Crippen LogP contribution >= 0.6 is 0 Å². The van der Waals surface area contributed by atoms with Gasteiger partial charge in [-0.3, -0.25) is 5.32 Å². The molecule has 0 saturated heterocycles. The van der Waals surface area contributed by atoms with E-state index in [0.717, 1.165) is 16.7 Å². The van der Waals surface area contributed by atoms with Crippen molar-refractivity contribution in [2.24, 2.45) is 0 Å². The molecule has 0 aromatic heterocycles. The van der Waals surface area contributed by atoms with Gasteiger partial charge in [-0.05, 0) is 34.4 Å². The standard InChI is InChI=1S/C24H25NO3/c1-24(2,19-10-5-4-6-11-19)20-13-14-22(26)18(16-20)15-17-9-7-8-12-21(17)25-23(27)28-3/h4-14,16,26H,15H2,1-3H3,(H,25,27). The van der Waals surface area contributed by atoms with Crippen molar-refractivity contribution in [3.63, 3.8) is 0 Å². The molecule has 0 bridgehead atoms. The van der Waals surface area contributed by atoms with E-state index in [1.165, 1.54) is 12.7 Å². The van der Waals surface area contributed by atoms with Gasteiger partial charge in [-0.25, -0.2) is 4.79 Å². The summed E-state index contributed by atoms with van der Waals surface area (Å²) in [5.41, 5.74) is 4.50. The number of rotatable bonds is 5. The molecule has 3 aromatic carbocycles. The van der Waals surface area contributed by atoms with E-state index in [4.69, 9.17) is 4.74 Å². The van der Waals surface area contributed by atoms with Gasteiger partial charge in [0.2, 0.25) is 0 Å². The van der Waals surface area contributed by atoms with Crippen molar-refractivity contribution < 1.29 is 14.6 Å². The van der Waals surface area contributed by atoms with Crippen LogP contribution in [0.2, 0.25) is 0 Å². The number of hydrogen-bond donors (Lipinski definition) is 2. The lowest BCUT2D eigenvalue weighted by molar-refractivity contribution is 0.187. The van der Waals surface area contributed by atoms with Gasteiger partial charge >= 0.3 is 6.09 Å². The van der Waals surface area contributed by atoms with Crippen LogP contribution in [0.4, 0.5) is 10.5 Å². The lowest BCUT2D eigenvalue weighted by atomic mass is 9.77. The second-order valence-electron chi connectivity index (χ2n) is 7.29. The number of amides is 1. The van der Waals surface area contributed by atoms with Crippen molar-refractivity contribution in [2.45, 2.75) is 25.7 Å². The van der Waals surface area contributed by atoms with Crippen LogP contribution in [-0.4, -0.2) is 18.3 Å².